The molecule has 2 N–H and O–H groups in total. The van der Waals surface area contributed by atoms with Gasteiger partial charge in [0.2, 0.25) is 0 Å². The summed E-state index contributed by atoms with van der Waals surface area (Å²) in [5, 5.41) is 0. The second-order valence-electron chi connectivity index (χ2n) is 6.03. The van der Waals surface area contributed by atoms with E-state index in [1.54, 1.807) is 0 Å². The minimum absolute atomic E-state index is 0.135. The molecular weight excluding hydrogens is 234 g/mol. The lowest BCUT2D eigenvalue weighted by Gasteiger charge is -2.35. The Hall–Kier alpha value is -0.930. The monoisotopic (exact) mass is 261 g/mol. The molecule has 0 aliphatic heterocycles. The number of rotatable bonds is 5. The lowest BCUT2D eigenvalue weighted by molar-refractivity contribution is 0.166. The van der Waals surface area contributed by atoms with Crippen molar-refractivity contribution in [3.63, 3.8) is 0 Å². The van der Waals surface area contributed by atoms with E-state index in [9.17, 15) is 0 Å². The van der Waals surface area contributed by atoms with Crippen LogP contribution in [0.1, 0.15) is 50.6 Å². The Morgan fingerprint density at radius 1 is 1.26 bits per heavy atom. The quantitative estimate of drug-likeness (QED) is 0.886. The lowest BCUT2D eigenvalue weighted by Crippen LogP contribution is -2.39. The molecule has 1 aliphatic carbocycles. The van der Waals surface area contributed by atoms with Gasteiger partial charge in [0, 0.05) is 31.0 Å². The zero-order valence-corrected chi connectivity index (χ0v) is 12.3. The Morgan fingerprint density at radius 2 is 1.89 bits per heavy atom. The van der Waals surface area contributed by atoms with Crippen LogP contribution in [0.3, 0.4) is 0 Å². The summed E-state index contributed by atoms with van der Waals surface area (Å²) in [6, 6.07) is 4.61. The summed E-state index contributed by atoms with van der Waals surface area (Å²) in [4.78, 5) is 6.54. The van der Waals surface area contributed by atoms with Crippen molar-refractivity contribution in [1.29, 1.82) is 0 Å². The highest BCUT2D eigenvalue weighted by molar-refractivity contribution is 5.17. The molecule has 1 saturated carbocycles. The van der Waals surface area contributed by atoms with E-state index in [1.807, 2.05) is 12.4 Å². The van der Waals surface area contributed by atoms with Gasteiger partial charge in [-0.3, -0.25) is 9.88 Å². The molecule has 0 amide bonds. The van der Waals surface area contributed by atoms with Crippen LogP contribution in [0, 0.1) is 5.92 Å². The minimum atomic E-state index is 0.135. The van der Waals surface area contributed by atoms with Crippen LogP contribution in [0.2, 0.25) is 0 Å². The summed E-state index contributed by atoms with van der Waals surface area (Å²) in [5.41, 5.74) is 7.49. The highest BCUT2D eigenvalue weighted by atomic mass is 15.1. The van der Waals surface area contributed by atoms with Crippen molar-refractivity contribution in [3.8, 4) is 0 Å². The predicted molar refractivity (Wildman–Crippen MR) is 79.8 cm³/mol. The number of aromatic nitrogens is 1. The fourth-order valence-electron chi connectivity index (χ4n) is 3.41. The van der Waals surface area contributed by atoms with Crippen molar-refractivity contribution in [1.82, 2.24) is 9.88 Å². The van der Waals surface area contributed by atoms with Crippen molar-refractivity contribution in [2.75, 3.05) is 13.6 Å². The normalized spacial score (nSPS) is 20.4. The maximum atomic E-state index is 6.21. The zero-order valence-electron chi connectivity index (χ0n) is 12.3. The second kappa shape index (κ2) is 7.01. The number of hydrogen-bond acceptors (Lipinski definition) is 3. The standard InChI is InChI=1S/C16H27N3/c1-13(17)16(15-8-10-18-11-9-15)19(2)12-14-6-4-3-5-7-14/h8-11,13-14,16H,3-7,12,17H2,1-2H3. The molecular formula is C16H27N3. The van der Waals surface area contributed by atoms with Crippen molar-refractivity contribution in [2.24, 2.45) is 11.7 Å². The fourth-order valence-corrected chi connectivity index (χ4v) is 3.41. The highest BCUT2D eigenvalue weighted by Crippen LogP contribution is 2.28. The number of nitrogens with two attached hydrogens (primary N) is 1. The predicted octanol–water partition coefficient (Wildman–Crippen LogP) is 2.98. The van der Waals surface area contributed by atoms with E-state index in [4.69, 9.17) is 5.73 Å². The Bertz CT molecular complexity index is 358. The molecule has 2 atom stereocenters. The van der Waals surface area contributed by atoms with Crippen LogP contribution in [-0.4, -0.2) is 29.5 Å². The molecule has 0 bridgehead atoms. The molecule has 106 valence electrons. The first-order chi connectivity index (χ1) is 9.18. The molecule has 19 heavy (non-hydrogen) atoms. The van der Waals surface area contributed by atoms with Crippen molar-refractivity contribution in [3.05, 3.63) is 30.1 Å². The number of likely N-dealkylation sites (N-methyl/N-ethyl adjacent to an activating group) is 1. The molecule has 3 heteroatoms. The van der Waals surface area contributed by atoms with E-state index in [1.165, 1.54) is 37.7 Å². The average Bonchev–Trinajstić information content (AvgIpc) is 2.40. The van der Waals surface area contributed by atoms with Gasteiger partial charge in [-0.05, 0) is 50.4 Å². The maximum Gasteiger partial charge on any atom is 0.0494 e. The third-order valence-electron chi connectivity index (χ3n) is 4.29. The van der Waals surface area contributed by atoms with Gasteiger partial charge in [-0.1, -0.05) is 19.3 Å². The van der Waals surface area contributed by atoms with E-state index in [-0.39, 0.29) is 6.04 Å². The second-order valence-corrected chi connectivity index (χ2v) is 6.03. The molecule has 3 nitrogen and oxygen atoms in total. The summed E-state index contributed by atoms with van der Waals surface area (Å²) in [6.45, 7) is 3.26. The topological polar surface area (TPSA) is 42.1 Å². The lowest BCUT2D eigenvalue weighted by atomic mass is 9.88. The maximum absolute atomic E-state index is 6.21. The van der Waals surface area contributed by atoms with Gasteiger partial charge in [-0.15, -0.1) is 0 Å². The van der Waals surface area contributed by atoms with Crippen LogP contribution < -0.4 is 5.73 Å². The van der Waals surface area contributed by atoms with Gasteiger partial charge in [0.25, 0.3) is 0 Å². The largest absolute Gasteiger partial charge is 0.326 e. The summed E-state index contributed by atoms with van der Waals surface area (Å²) < 4.78 is 0. The number of pyridine rings is 1. The molecule has 1 heterocycles. The average molecular weight is 261 g/mol. The Morgan fingerprint density at radius 3 is 2.47 bits per heavy atom. The van der Waals surface area contributed by atoms with Crippen molar-refractivity contribution < 1.29 is 0 Å². The van der Waals surface area contributed by atoms with E-state index < -0.39 is 0 Å². The van der Waals surface area contributed by atoms with Gasteiger partial charge >= 0.3 is 0 Å². The SMILES string of the molecule is CC(N)C(c1ccncc1)N(C)CC1CCCCC1. The smallest absolute Gasteiger partial charge is 0.0494 e. The Labute approximate surface area is 117 Å². The molecule has 1 fully saturated rings. The molecule has 0 saturated heterocycles. The molecule has 1 aliphatic rings. The van der Waals surface area contributed by atoms with Crippen LogP contribution in [0.5, 0.6) is 0 Å². The minimum Gasteiger partial charge on any atom is -0.326 e. The van der Waals surface area contributed by atoms with Gasteiger partial charge in [0.15, 0.2) is 0 Å². The summed E-state index contributed by atoms with van der Waals surface area (Å²) in [6.07, 6.45) is 10.7. The molecule has 0 radical (unpaired) electrons. The van der Waals surface area contributed by atoms with E-state index >= 15 is 0 Å². The van der Waals surface area contributed by atoms with Crippen LogP contribution in [-0.2, 0) is 0 Å². The van der Waals surface area contributed by atoms with Crippen molar-refractivity contribution in [2.45, 2.75) is 51.1 Å². The molecule has 0 spiro atoms. The first-order valence-electron chi connectivity index (χ1n) is 7.54. The first kappa shape index (κ1) is 14.5. The van der Waals surface area contributed by atoms with Crippen LogP contribution in [0.25, 0.3) is 0 Å². The molecule has 0 aromatic carbocycles. The summed E-state index contributed by atoms with van der Waals surface area (Å²) in [7, 11) is 2.21. The molecule has 1 aromatic rings. The van der Waals surface area contributed by atoms with Crippen LogP contribution in [0.15, 0.2) is 24.5 Å². The summed E-state index contributed by atoms with van der Waals surface area (Å²) in [5.74, 6) is 0.849. The van der Waals surface area contributed by atoms with Gasteiger partial charge in [0.1, 0.15) is 0 Å². The van der Waals surface area contributed by atoms with Crippen LogP contribution >= 0.6 is 0 Å². The van der Waals surface area contributed by atoms with E-state index in [2.05, 4.69) is 36.0 Å². The van der Waals surface area contributed by atoms with Gasteiger partial charge in [-0.25, -0.2) is 0 Å². The summed E-state index contributed by atoms with van der Waals surface area (Å²) >= 11 is 0. The Kier molecular flexibility index (Phi) is 5.34. The van der Waals surface area contributed by atoms with Gasteiger partial charge in [0.05, 0.1) is 0 Å². The highest BCUT2D eigenvalue weighted by Gasteiger charge is 2.24. The van der Waals surface area contributed by atoms with E-state index in [0.29, 0.717) is 6.04 Å². The van der Waals surface area contributed by atoms with E-state index in [0.717, 1.165) is 12.5 Å². The number of nitrogens with zero attached hydrogens (tertiary/aromatic N) is 2. The van der Waals surface area contributed by atoms with Crippen molar-refractivity contribution >= 4 is 0 Å². The third-order valence-corrected chi connectivity index (χ3v) is 4.29. The molecule has 2 unspecified atom stereocenters. The Balaban J connectivity index is 2.02. The van der Waals surface area contributed by atoms with Crippen LogP contribution in [0.4, 0.5) is 0 Å². The number of hydrogen-bond donors (Lipinski definition) is 1. The zero-order chi connectivity index (χ0) is 13.7. The first-order valence-corrected chi connectivity index (χ1v) is 7.54. The third kappa shape index (κ3) is 4.02. The van der Waals surface area contributed by atoms with Gasteiger partial charge in [-0.2, -0.15) is 0 Å². The van der Waals surface area contributed by atoms with Gasteiger partial charge < -0.3 is 5.73 Å². The molecule has 1 aromatic heterocycles. The fraction of sp³-hybridized carbons (Fsp3) is 0.688. The molecule has 2 rings (SSSR count).